The van der Waals surface area contributed by atoms with Crippen molar-refractivity contribution in [2.45, 2.75) is 31.8 Å². The zero-order valence-electron chi connectivity index (χ0n) is 13.5. The number of hydrogen-bond acceptors (Lipinski definition) is 4. The minimum Gasteiger partial charge on any atom is -0.496 e. The zero-order chi connectivity index (χ0) is 16.8. The third-order valence-corrected chi connectivity index (χ3v) is 4.04. The highest BCUT2D eigenvalue weighted by Gasteiger charge is 2.27. The van der Waals surface area contributed by atoms with Crippen LogP contribution in [0.1, 0.15) is 31.2 Å². The summed E-state index contributed by atoms with van der Waals surface area (Å²) in [5.41, 5.74) is 0.999. The Morgan fingerprint density at radius 1 is 1.43 bits per heavy atom. The lowest BCUT2D eigenvalue weighted by molar-refractivity contribution is -0.147. The van der Waals surface area contributed by atoms with Crippen molar-refractivity contribution in [2.24, 2.45) is 0 Å². The number of para-hydroxylation sites is 1. The SMILES string of the molecule is COc1ccccc1[C@@H](C)CC(=O)N1CCO[C@@H](CC(=O)O)C1. The Morgan fingerprint density at radius 3 is 2.87 bits per heavy atom. The number of amides is 1. The summed E-state index contributed by atoms with van der Waals surface area (Å²) in [5.74, 6) is -0.0910. The molecule has 1 heterocycles. The second kappa shape index (κ2) is 7.97. The lowest BCUT2D eigenvalue weighted by atomic mass is 9.96. The number of ether oxygens (including phenoxy) is 2. The van der Waals surface area contributed by atoms with Crippen LogP contribution in [0.3, 0.4) is 0 Å². The number of morpholine rings is 1. The Bertz CT molecular complexity index is 560. The van der Waals surface area contributed by atoms with E-state index < -0.39 is 12.1 Å². The van der Waals surface area contributed by atoms with E-state index in [2.05, 4.69) is 0 Å². The van der Waals surface area contributed by atoms with Crippen LogP contribution in [0.2, 0.25) is 0 Å². The Balaban J connectivity index is 1.96. The van der Waals surface area contributed by atoms with Crippen molar-refractivity contribution < 1.29 is 24.2 Å². The van der Waals surface area contributed by atoms with Crippen LogP contribution in [-0.2, 0) is 14.3 Å². The number of benzene rings is 1. The number of carbonyl (C=O) groups is 2. The number of methoxy groups -OCH3 is 1. The van der Waals surface area contributed by atoms with Crippen LogP contribution in [0.25, 0.3) is 0 Å². The molecule has 0 unspecified atom stereocenters. The van der Waals surface area contributed by atoms with Gasteiger partial charge in [-0.3, -0.25) is 9.59 Å². The van der Waals surface area contributed by atoms with Gasteiger partial charge in [-0.2, -0.15) is 0 Å². The highest BCUT2D eigenvalue weighted by atomic mass is 16.5. The molecule has 0 spiro atoms. The van der Waals surface area contributed by atoms with E-state index in [1.807, 2.05) is 31.2 Å². The fourth-order valence-corrected chi connectivity index (χ4v) is 2.84. The van der Waals surface area contributed by atoms with Crippen LogP contribution in [0.15, 0.2) is 24.3 Å². The van der Waals surface area contributed by atoms with Crippen molar-refractivity contribution in [3.05, 3.63) is 29.8 Å². The number of rotatable bonds is 6. The number of nitrogens with zero attached hydrogens (tertiary/aromatic N) is 1. The molecule has 1 saturated heterocycles. The van der Waals surface area contributed by atoms with Gasteiger partial charge in [-0.1, -0.05) is 25.1 Å². The number of carbonyl (C=O) groups excluding carboxylic acids is 1. The molecular weight excluding hydrogens is 298 g/mol. The van der Waals surface area contributed by atoms with Crippen LogP contribution in [0, 0.1) is 0 Å². The van der Waals surface area contributed by atoms with Crippen molar-refractivity contribution in [1.82, 2.24) is 4.90 Å². The molecule has 0 bridgehead atoms. The molecule has 0 saturated carbocycles. The molecule has 2 atom stereocenters. The summed E-state index contributed by atoms with van der Waals surface area (Å²) in [6.45, 7) is 3.22. The third-order valence-electron chi connectivity index (χ3n) is 4.04. The molecule has 6 nitrogen and oxygen atoms in total. The topological polar surface area (TPSA) is 76.1 Å². The molecule has 1 fully saturated rings. The van der Waals surface area contributed by atoms with E-state index >= 15 is 0 Å². The molecule has 1 aliphatic heterocycles. The van der Waals surface area contributed by atoms with Crippen molar-refractivity contribution in [3.8, 4) is 5.75 Å². The van der Waals surface area contributed by atoms with Gasteiger partial charge in [-0.05, 0) is 17.5 Å². The maximum atomic E-state index is 12.5. The van der Waals surface area contributed by atoms with Crippen LogP contribution in [-0.4, -0.2) is 54.8 Å². The highest BCUT2D eigenvalue weighted by molar-refractivity contribution is 5.77. The maximum Gasteiger partial charge on any atom is 0.306 e. The van der Waals surface area contributed by atoms with Gasteiger partial charge in [0.25, 0.3) is 0 Å². The summed E-state index contributed by atoms with van der Waals surface area (Å²) in [6.07, 6.45) is -0.141. The lowest BCUT2D eigenvalue weighted by Crippen LogP contribution is -2.46. The van der Waals surface area contributed by atoms with Gasteiger partial charge >= 0.3 is 5.97 Å². The number of carboxylic acid groups (broad SMARTS) is 1. The quantitative estimate of drug-likeness (QED) is 0.866. The Morgan fingerprint density at radius 2 is 2.17 bits per heavy atom. The van der Waals surface area contributed by atoms with Crippen LogP contribution < -0.4 is 4.74 Å². The van der Waals surface area contributed by atoms with Gasteiger partial charge in [-0.25, -0.2) is 0 Å². The fourth-order valence-electron chi connectivity index (χ4n) is 2.84. The van der Waals surface area contributed by atoms with E-state index in [0.717, 1.165) is 11.3 Å². The third kappa shape index (κ3) is 4.69. The van der Waals surface area contributed by atoms with E-state index in [-0.39, 0.29) is 18.2 Å². The molecule has 6 heteroatoms. The van der Waals surface area contributed by atoms with Crippen molar-refractivity contribution in [1.29, 1.82) is 0 Å². The van der Waals surface area contributed by atoms with Crippen molar-refractivity contribution >= 4 is 11.9 Å². The van der Waals surface area contributed by atoms with Crippen molar-refractivity contribution in [2.75, 3.05) is 26.8 Å². The Hall–Kier alpha value is -2.08. The molecule has 0 radical (unpaired) electrons. The zero-order valence-corrected chi connectivity index (χ0v) is 13.5. The molecule has 0 aromatic heterocycles. The number of aliphatic carboxylic acids is 1. The molecule has 126 valence electrons. The molecule has 1 amide bonds. The first-order valence-electron chi connectivity index (χ1n) is 7.75. The van der Waals surface area contributed by atoms with E-state index in [1.54, 1.807) is 12.0 Å². The Labute approximate surface area is 136 Å². The van der Waals surface area contributed by atoms with Crippen LogP contribution in [0.5, 0.6) is 5.75 Å². The minimum atomic E-state index is -0.910. The average molecular weight is 321 g/mol. The first-order valence-corrected chi connectivity index (χ1v) is 7.75. The standard InChI is InChI=1S/C17H23NO5/c1-12(14-5-3-4-6-15(14)22-2)9-16(19)18-7-8-23-13(11-18)10-17(20)21/h3-6,12-13H,7-11H2,1-2H3,(H,20,21)/t12-,13-/m0/s1. The first kappa shape index (κ1) is 17.3. The van der Waals surface area contributed by atoms with Gasteiger partial charge in [0, 0.05) is 19.5 Å². The summed E-state index contributed by atoms with van der Waals surface area (Å²) in [5, 5.41) is 8.85. The molecule has 1 aromatic rings. The van der Waals surface area contributed by atoms with Gasteiger partial charge in [0.15, 0.2) is 0 Å². The fraction of sp³-hybridized carbons (Fsp3) is 0.529. The predicted octanol–water partition coefficient (Wildman–Crippen LogP) is 1.89. The molecular formula is C17H23NO5. The average Bonchev–Trinajstić information content (AvgIpc) is 2.54. The molecule has 0 aliphatic carbocycles. The second-order valence-electron chi connectivity index (χ2n) is 5.78. The molecule has 1 aromatic carbocycles. The summed E-state index contributed by atoms with van der Waals surface area (Å²) in [4.78, 5) is 25.0. The van der Waals surface area contributed by atoms with E-state index in [4.69, 9.17) is 14.6 Å². The largest absolute Gasteiger partial charge is 0.496 e. The monoisotopic (exact) mass is 321 g/mol. The van der Waals surface area contributed by atoms with E-state index in [9.17, 15) is 9.59 Å². The molecule has 1 aliphatic rings. The summed E-state index contributed by atoms with van der Waals surface area (Å²) in [7, 11) is 1.62. The predicted molar refractivity (Wildman–Crippen MR) is 84.6 cm³/mol. The summed E-state index contributed by atoms with van der Waals surface area (Å²) >= 11 is 0. The maximum absolute atomic E-state index is 12.5. The van der Waals surface area contributed by atoms with Gasteiger partial charge in [0.1, 0.15) is 5.75 Å². The van der Waals surface area contributed by atoms with Crippen molar-refractivity contribution in [3.63, 3.8) is 0 Å². The normalized spacial score (nSPS) is 19.2. The van der Waals surface area contributed by atoms with Crippen LogP contribution in [0.4, 0.5) is 0 Å². The molecule has 23 heavy (non-hydrogen) atoms. The van der Waals surface area contributed by atoms with E-state index in [0.29, 0.717) is 26.1 Å². The van der Waals surface area contributed by atoms with Gasteiger partial charge in [0.05, 0.1) is 26.2 Å². The smallest absolute Gasteiger partial charge is 0.306 e. The highest BCUT2D eigenvalue weighted by Crippen LogP contribution is 2.29. The van der Waals surface area contributed by atoms with Gasteiger partial charge in [0.2, 0.25) is 5.91 Å². The minimum absolute atomic E-state index is 0.0158. The Kier molecular flexibility index (Phi) is 5.98. The van der Waals surface area contributed by atoms with Gasteiger partial charge < -0.3 is 19.5 Å². The first-order chi connectivity index (χ1) is 11.0. The summed E-state index contributed by atoms with van der Waals surface area (Å²) < 4.78 is 10.7. The van der Waals surface area contributed by atoms with Gasteiger partial charge in [-0.15, -0.1) is 0 Å². The summed E-state index contributed by atoms with van der Waals surface area (Å²) in [6, 6.07) is 7.67. The second-order valence-corrected chi connectivity index (χ2v) is 5.78. The van der Waals surface area contributed by atoms with Crippen LogP contribution >= 0.6 is 0 Å². The lowest BCUT2D eigenvalue weighted by Gasteiger charge is -2.33. The van der Waals surface area contributed by atoms with E-state index in [1.165, 1.54) is 0 Å². The number of hydrogen-bond donors (Lipinski definition) is 1. The number of carboxylic acids is 1. The molecule has 1 N–H and O–H groups in total. The molecule has 2 rings (SSSR count).